The van der Waals surface area contributed by atoms with Crippen molar-refractivity contribution in [3.05, 3.63) is 70.1 Å². The number of aryl methyl sites for hydroxylation is 2. The van der Waals surface area contributed by atoms with Gasteiger partial charge in [0, 0.05) is 4.91 Å². The van der Waals surface area contributed by atoms with Crippen molar-refractivity contribution in [2.24, 2.45) is 5.11 Å². The van der Waals surface area contributed by atoms with E-state index in [2.05, 4.69) is 14.2 Å². The van der Waals surface area contributed by atoms with E-state index in [1.807, 2.05) is 0 Å². The van der Waals surface area contributed by atoms with E-state index in [4.69, 9.17) is 13.9 Å². The first-order valence-electron chi connectivity index (χ1n) is 9.34. The van der Waals surface area contributed by atoms with Crippen LogP contribution in [0.5, 0.6) is 0 Å². The third-order valence-electron chi connectivity index (χ3n) is 4.27. The summed E-state index contributed by atoms with van der Waals surface area (Å²) in [7, 11) is -14.3. The summed E-state index contributed by atoms with van der Waals surface area (Å²) in [6, 6.07) is 9.16. The molecule has 0 unspecified atom stereocenters. The van der Waals surface area contributed by atoms with Crippen molar-refractivity contribution in [2.45, 2.75) is 35.8 Å². The Kier molecular flexibility index (Phi) is 11.8. The molecule has 0 aromatic heterocycles. The van der Waals surface area contributed by atoms with Gasteiger partial charge in [0.15, 0.2) is 0 Å². The van der Waals surface area contributed by atoms with E-state index in [9.17, 15) is 29.8 Å². The standard InChI is InChI=1S/C18H21N3O10S3.Na/c1-13-3-7-15(8-4-13)32(22,23)29-11-17(20-21-19)18(31-34(26,27)28)12-30-33(24,25)16-9-5-14(2)6-10-16;/h3-10,17-18H,11-12H2,1-2H3,(H,26,27,28);/q;+1/p-1/t17-,18+;/m0./s1. The summed E-state index contributed by atoms with van der Waals surface area (Å²) in [6.45, 7) is 1.37. The minimum absolute atomic E-state index is 0. The average Bonchev–Trinajstić information content (AvgIpc) is 2.74. The average molecular weight is 558 g/mol. The van der Waals surface area contributed by atoms with Crippen LogP contribution in [0.15, 0.2) is 63.4 Å². The predicted molar refractivity (Wildman–Crippen MR) is 116 cm³/mol. The number of nitrogens with zero attached hydrogens (tertiary/aromatic N) is 3. The third kappa shape index (κ3) is 10.1. The molecular weight excluding hydrogens is 537 g/mol. The van der Waals surface area contributed by atoms with E-state index in [1.54, 1.807) is 13.8 Å². The van der Waals surface area contributed by atoms with Gasteiger partial charge in [-0.15, -0.1) is 0 Å². The topological polar surface area (TPSA) is 202 Å². The van der Waals surface area contributed by atoms with Crippen LogP contribution in [0, 0.1) is 13.8 Å². The van der Waals surface area contributed by atoms with Crippen LogP contribution in [-0.2, 0) is 43.2 Å². The Hall–Kier alpha value is -1.56. The van der Waals surface area contributed by atoms with E-state index in [1.165, 1.54) is 48.5 Å². The first-order valence-corrected chi connectivity index (χ1v) is 13.5. The Morgan fingerprint density at radius 1 is 0.829 bits per heavy atom. The largest absolute Gasteiger partial charge is 1.00 e. The molecule has 2 rings (SSSR count). The molecule has 0 radical (unpaired) electrons. The number of azide groups is 1. The second kappa shape index (κ2) is 13.1. The minimum Gasteiger partial charge on any atom is -0.726 e. The Labute approximate surface area is 225 Å². The van der Waals surface area contributed by atoms with Crippen LogP contribution in [0.3, 0.4) is 0 Å². The van der Waals surface area contributed by atoms with Gasteiger partial charge >= 0.3 is 29.6 Å². The van der Waals surface area contributed by atoms with Crippen LogP contribution in [0.2, 0.25) is 0 Å². The van der Waals surface area contributed by atoms with E-state index in [-0.39, 0.29) is 39.3 Å². The van der Waals surface area contributed by atoms with Crippen molar-refractivity contribution >= 4 is 30.6 Å². The molecule has 0 saturated heterocycles. The van der Waals surface area contributed by atoms with Crippen LogP contribution in [0.25, 0.3) is 10.4 Å². The summed E-state index contributed by atoms with van der Waals surface area (Å²) >= 11 is 0. The van der Waals surface area contributed by atoms with Crippen molar-refractivity contribution in [1.82, 2.24) is 0 Å². The van der Waals surface area contributed by atoms with Crippen molar-refractivity contribution in [1.29, 1.82) is 0 Å². The minimum atomic E-state index is -5.45. The molecule has 186 valence electrons. The molecule has 0 spiro atoms. The second-order valence-corrected chi connectivity index (χ2v) is 11.2. The van der Waals surface area contributed by atoms with Crippen LogP contribution in [0.4, 0.5) is 0 Å². The fourth-order valence-corrected chi connectivity index (χ4v) is 4.83. The zero-order chi connectivity index (χ0) is 25.6. The molecule has 0 amide bonds. The molecule has 2 atom stereocenters. The van der Waals surface area contributed by atoms with Crippen molar-refractivity contribution in [3.63, 3.8) is 0 Å². The number of rotatable bonds is 12. The maximum absolute atomic E-state index is 12.4. The van der Waals surface area contributed by atoms with Crippen LogP contribution < -0.4 is 29.6 Å². The molecule has 13 nitrogen and oxygen atoms in total. The molecule has 2 aromatic carbocycles. The second-order valence-electron chi connectivity index (χ2n) is 6.92. The van der Waals surface area contributed by atoms with Crippen molar-refractivity contribution in [3.8, 4) is 0 Å². The summed E-state index contributed by atoms with van der Waals surface area (Å²) in [5, 5.41) is 3.19. The summed E-state index contributed by atoms with van der Waals surface area (Å²) in [4.78, 5) is 1.93. The number of hydrogen-bond acceptors (Lipinski definition) is 11. The van der Waals surface area contributed by atoms with Gasteiger partial charge in [0.1, 0.15) is 6.10 Å². The van der Waals surface area contributed by atoms with Crippen LogP contribution in [-0.4, -0.2) is 55.2 Å². The van der Waals surface area contributed by atoms with Crippen molar-refractivity contribution < 1.29 is 71.9 Å². The zero-order valence-electron chi connectivity index (χ0n) is 18.8. The van der Waals surface area contributed by atoms with Gasteiger partial charge in [0.2, 0.25) is 10.4 Å². The molecule has 0 aliphatic heterocycles. The summed E-state index contributed by atoms with van der Waals surface area (Å²) < 4.78 is 96.9. The first-order chi connectivity index (χ1) is 15.7. The van der Waals surface area contributed by atoms with Gasteiger partial charge in [-0.25, -0.2) is 8.42 Å². The Bertz CT molecular complexity index is 1360. The molecule has 0 aliphatic rings. The number of benzene rings is 2. The summed E-state index contributed by atoms with van der Waals surface area (Å²) in [5.74, 6) is 0. The maximum atomic E-state index is 12.4. The molecular formula is C18H20N3NaO10S3. The van der Waals surface area contributed by atoms with E-state index >= 15 is 0 Å². The third-order valence-corrected chi connectivity index (χ3v) is 7.35. The quantitative estimate of drug-likeness (QED) is 0.0589. The first kappa shape index (κ1) is 31.5. The monoisotopic (exact) mass is 557 g/mol. The molecule has 35 heavy (non-hydrogen) atoms. The van der Waals surface area contributed by atoms with Gasteiger partial charge in [-0.05, 0) is 43.6 Å². The fraction of sp³-hybridized carbons (Fsp3) is 0.333. The summed E-state index contributed by atoms with van der Waals surface area (Å²) in [5.41, 5.74) is 10.3. The van der Waals surface area contributed by atoms with Gasteiger partial charge in [0.25, 0.3) is 20.2 Å². The smallest absolute Gasteiger partial charge is 0.726 e. The van der Waals surface area contributed by atoms with Crippen molar-refractivity contribution in [2.75, 3.05) is 13.2 Å². The number of hydrogen-bond donors (Lipinski definition) is 0. The normalized spacial score (nSPS) is 13.8. The molecule has 0 fully saturated rings. The SMILES string of the molecule is Cc1ccc(S(=O)(=O)OC[C@H](N=[N+]=[N-])[C@@H](COS(=O)(=O)c2ccc(C)cc2)OS(=O)(=O)[O-])cc1.[Na+]. The van der Waals surface area contributed by atoms with Gasteiger partial charge in [-0.2, -0.15) is 16.8 Å². The molecule has 0 saturated carbocycles. The van der Waals surface area contributed by atoms with E-state index < -0.39 is 56.0 Å². The molecule has 2 aromatic rings. The van der Waals surface area contributed by atoms with Gasteiger partial charge in [-0.3, -0.25) is 12.5 Å². The maximum Gasteiger partial charge on any atom is 1.00 e. The molecule has 0 N–H and O–H groups in total. The Morgan fingerprint density at radius 3 is 1.60 bits per heavy atom. The van der Waals surface area contributed by atoms with Crippen LogP contribution in [0.1, 0.15) is 11.1 Å². The zero-order valence-corrected chi connectivity index (χ0v) is 23.3. The molecule has 0 heterocycles. The predicted octanol–water partition coefficient (Wildman–Crippen LogP) is -1.06. The van der Waals surface area contributed by atoms with Gasteiger partial charge in [-0.1, -0.05) is 40.5 Å². The van der Waals surface area contributed by atoms with E-state index in [0.29, 0.717) is 0 Å². The van der Waals surface area contributed by atoms with Gasteiger partial charge in [0.05, 0.1) is 29.0 Å². The Morgan fingerprint density at radius 2 is 1.23 bits per heavy atom. The van der Waals surface area contributed by atoms with Crippen LogP contribution >= 0.6 is 0 Å². The van der Waals surface area contributed by atoms with Gasteiger partial charge < -0.3 is 4.55 Å². The Balaban J connectivity index is 0.00000612. The summed E-state index contributed by atoms with van der Waals surface area (Å²) in [6.07, 6.45) is -2.02. The molecule has 0 aliphatic carbocycles. The van der Waals surface area contributed by atoms with E-state index in [0.717, 1.165) is 11.1 Å². The fourth-order valence-electron chi connectivity index (χ4n) is 2.50. The molecule has 0 bridgehead atoms. The molecule has 17 heteroatoms.